The molecule has 4 rings (SSSR count). The van der Waals surface area contributed by atoms with Crippen molar-refractivity contribution < 1.29 is 23.9 Å². The van der Waals surface area contributed by atoms with Crippen LogP contribution in [0.25, 0.3) is 0 Å². The number of nitrogens with zero attached hydrogens (tertiary/aromatic N) is 2. The number of hydroxylamine groups is 1. The van der Waals surface area contributed by atoms with Gasteiger partial charge in [0, 0.05) is 54.6 Å². The van der Waals surface area contributed by atoms with Crippen LogP contribution in [-0.2, 0) is 4.79 Å². The molecule has 1 amide bonds. The largest absolute Gasteiger partial charge is 0.389 e. The van der Waals surface area contributed by atoms with E-state index in [1.165, 1.54) is 0 Å². The highest BCUT2D eigenvalue weighted by Gasteiger charge is 2.49. The summed E-state index contributed by atoms with van der Waals surface area (Å²) < 4.78 is 28.9. The van der Waals surface area contributed by atoms with Gasteiger partial charge in [-0.15, -0.1) is 0 Å². The van der Waals surface area contributed by atoms with Crippen LogP contribution in [-0.4, -0.2) is 60.0 Å². The van der Waals surface area contributed by atoms with E-state index >= 15 is 0 Å². The monoisotopic (exact) mass is 399 g/mol. The molecule has 2 saturated heterocycles. The number of amides is 1. The number of thioether (sulfide) groups is 1. The Balaban J connectivity index is 1.34. The fourth-order valence-electron chi connectivity index (χ4n) is 3.58. The molecule has 0 bridgehead atoms. The number of halogens is 2. The molecule has 1 aromatic carbocycles. The normalized spacial score (nSPS) is 21.4. The van der Waals surface area contributed by atoms with Crippen LogP contribution in [0.2, 0.25) is 0 Å². The van der Waals surface area contributed by atoms with Crippen LogP contribution in [0.15, 0.2) is 12.1 Å². The summed E-state index contributed by atoms with van der Waals surface area (Å²) in [5, 5.41) is 23.2. The first kappa shape index (κ1) is 18.8. The molecular weight excluding hydrogens is 376 g/mol. The SMILES string of the molecule is O=C(NC[C@H](O)CN(O)c1cc(F)c(N2CC3(CSC3)C2)c(F)c1)C1CC1. The first-order valence-corrected chi connectivity index (χ1v) is 10.3. The van der Waals surface area contributed by atoms with Crippen molar-refractivity contribution in [2.24, 2.45) is 11.3 Å². The summed E-state index contributed by atoms with van der Waals surface area (Å²) in [4.78, 5) is 13.3. The topological polar surface area (TPSA) is 76.0 Å². The van der Waals surface area contributed by atoms with E-state index < -0.39 is 17.7 Å². The van der Waals surface area contributed by atoms with Crippen LogP contribution in [0.3, 0.4) is 0 Å². The van der Waals surface area contributed by atoms with Crippen molar-refractivity contribution in [1.29, 1.82) is 0 Å². The predicted octanol–water partition coefficient (Wildman–Crippen LogP) is 1.60. The maximum absolute atomic E-state index is 14.5. The van der Waals surface area contributed by atoms with E-state index in [9.17, 15) is 23.9 Å². The highest BCUT2D eigenvalue weighted by atomic mass is 32.2. The molecular formula is C18H23F2N3O3S. The van der Waals surface area contributed by atoms with Gasteiger partial charge in [0.15, 0.2) is 11.6 Å². The van der Waals surface area contributed by atoms with Crippen molar-refractivity contribution in [3.63, 3.8) is 0 Å². The summed E-state index contributed by atoms with van der Waals surface area (Å²) >= 11 is 1.84. The van der Waals surface area contributed by atoms with Crippen molar-refractivity contribution in [3.05, 3.63) is 23.8 Å². The van der Waals surface area contributed by atoms with Gasteiger partial charge in [0.25, 0.3) is 0 Å². The summed E-state index contributed by atoms with van der Waals surface area (Å²) in [5.74, 6) is 0.508. The smallest absolute Gasteiger partial charge is 0.223 e. The lowest BCUT2D eigenvalue weighted by atomic mass is 9.82. The molecule has 2 heterocycles. The Kier molecular flexibility index (Phi) is 4.94. The lowest BCUT2D eigenvalue weighted by Gasteiger charge is -2.56. The fourth-order valence-corrected chi connectivity index (χ4v) is 4.72. The van der Waals surface area contributed by atoms with E-state index in [0.29, 0.717) is 18.2 Å². The second kappa shape index (κ2) is 7.10. The van der Waals surface area contributed by atoms with Gasteiger partial charge in [-0.05, 0) is 12.8 Å². The van der Waals surface area contributed by atoms with Gasteiger partial charge in [-0.1, -0.05) is 0 Å². The maximum atomic E-state index is 14.5. The van der Waals surface area contributed by atoms with Crippen LogP contribution in [0.1, 0.15) is 12.8 Å². The molecule has 0 radical (unpaired) electrons. The van der Waals surface area contributed by atoms with Crippen molar-refractivity contribution in [2.45, 2.75) is 18.9 Å². The van der Waals surface area contributed by atoms with E-state index in [1.807, 2.05) is 11.8 Å². The molecule has 0 aromatic heterocycles. The molecule has 3 fully saturated rings. The standard InChI is InChI=1S/C18H23F2N3O3S/c19-14-3-12(23(26)6-13(24)5-21-17(25)11-1-2-11)4-15(20)16(14)22-7-18(8-22)9-27-10-18/h3-4,11,13,24,26H,1-2,5-10H2,(H,21,25)/t13-/m0/s1. The zero-order chi connectivity index (χ0) is 19.2. The number of rotatable bonds is 7. The highest BCUT2D eigenvalue weighted by molar-refractivity contribution is 8.00. The number of hydrogen-bond donors (Lipinski definition) is 3. The minimum Gasteiger partial charge on any atom is -0.389 e. The molecule has 27 heavy (non-hydrogen) atoms. The van der Waals surface area contributed by atoms with Gasteiger partial charge in [-0.2, -0.15) is 11.8 Å². The number of benzene rings is 1. The van der Waals surface area contributed by atoms with Crippen LogP contribution >= 0.6 is 11.8 Å². The Labute approximate surface area is 160 Å². The highest BCUT2D eigenvalue weighted by Crippen LogP contribution is 2.47. The molecule has 9 heteroatoms. The number of aliphatic hydroxyl groups excluding tert-OH is 1. The summed E-state index contributed by atoms with van der Waals surface area (Å²) in [6.45, 7) is 1.00. The second-order valence-corrected chi connectivity index (χ2v) is 8.85. The molecule has 3 aliphatic rings. The summed E-state index contributed by atoms with van der Waals surface area (Å²) in [6.07, 6.45) is 0.654. The van der Waals surface area contributed by atoms with Gasteiger partial charge < -0.3 is 15.3 Å². The molecule has 1 aromatic rings. The molecule has 1 saturated carbocycles. The van der Waals surface area contributed by atoms with E-state index in [2.05, 4.69) is 5.32 Å². The predicted molar refractivity (Wildman–Crippen MR) is 99.2 cm³/mol. The van der Waals surface area contributed by atoms with Gasteiger partial charge in [0.2, 0.25) is 5.91 Å². The Bertz CT molecular complexity index is 712. The molecule has 2 aliphatic heterocycles. The summed E-state index contributed by atoms with van der Waals surface area (Å²) in [7, 11) is 0. The zero-order valence-electron chi connectivity index (χ0n) is 14.8. The lowest BCUT2D eigenvalue weighted by Crippen LogP contribution is -2.63. The van der Waals surface area contributed by atoms with Gasteiger partial charge >= 0.3 is 0 Å². The van der Waals surface area contributed by atoms with E-state index in [0.717, 1.165) is 36.5 Å². The van der Waals surface area contributed by atoms with Crippen molar-refractivity contribution in [3.8, 4) is 0 Å². The van der Waals surface area contributed by atoms with E-state index in [4.69, 9.17) is 0 Å². The second-order valence-electron chi connectivity index (χ2n) is 7.86. The third-order valence-electron chi connectivity index (χ3n) is 5.33. The van der Waals surface area contributed by atoms with E-state index in [-0.39, 0.29) is 41.7 Å². The van der Waals surface area contributed by atoms with Crippen molar-refractivity contribution in [1.82, 2.24) is 5.32 Å². The van der Waals surface area contributed by atoms with Gasteiger partial charge in [-0.3, -0.25) is 15.1 Å². The van der Waals surface area contributed by atoms with Crippen LogP contribution in [0.5, 0.6) is 0 Å². The number of carbonyl (C=O) groups is 1. The molecule has 1 spiro atoms. The number of anilines is 2. The van der Waals surface area contributed by atoms with Crippen LogP contribution < -0.4 is 15.3 Å². The van der Waals surface area contributed by atoms with Crippen molar-refractivity contribution in [2.75, 3.05) is 47.6 Å². The minimum absolute atomic E-state index is 0.0245. The Morgan fingerprint density at radius 2 is 1.96 bits per heavy atom. The van der Waals surface area contributed by atoms with Crippen molar-refractivity contribution >= 4 is 29.0 Å². The quantitative estimate of drug-likeness (QED) is 0.605. The Hall–Kier alpha value is -1.58. The Morgan fingerprint density at radius 1 is 1.33 bits per heavy atom. The van der Waals surface area contributed by atoms with Gasteiger partial charge in [-0.25, -0.2) is 8.78 Å². The average molecular weight is 399 g/mol. The van der Waals surface area contributed by atoms with Gasteiger partial charge in [0.1, 0.15) is 5.69 Å². The first-order valence-electron chi connectivity index (χ1n) is 9.11. The third kappa shape index (κ3) is 3.86. The molecule has 148 valence electrons. The lowest BCUT2D eigenvalue weighted by molar-refractivity contribution is -0.122. The molecule has 3 N–H and O–H groups in total. The number of hydrogen-bond acceptors (Lipinski definition) is 6. The van der Waals surface area contributed by atoms with Crippen LogP contribution in [0, 0.1) is 23.0 Å². The van der Waals surface area contributed by atoms with Crippen LogP contribution in [0.4, 0.5) is 20.2 Å². The van der Waals surface area contributed by atoms with E-state index in [1.54, 1.807) is 4.90 Å². The molecule has 0 unspecified atom stereocenters. The summed E-state index contributed by atoms with van der Waals surface area (Å²) in [5.41, 5.74) is 0.0722. The number of nitrogens with one attached hydrogen (secondary N) is 1. The zero-order valence-corrected chi connectivity index (χ0v) is 15.6. The molecule has 6 nitrogen and oxygen atoms in total. The molecule has 1 aliphatic carbocycles. The Morgan fingerprint density at radius 3 is 2.48 bits per heavy atom. The molecule has 1 atom stereocenters. The maximum Gasteiger partial charge on any atom is 0.223 e. The first-order chi connectivity index (χ1) is 12.9. The number of aliphatic hydroxyl groups is 1. The average Bonchev–Trinajstić information content (AvgIpc) is 3.36. The third-order valence-corrected chi connectivity index (χ3v) is 6.96. The van der Waals surface area contributed by atoms with Gasteiger partial charge in [0.05, 0.1) is 18.3 Å². The summed E-state index contributed by atoms with van der Waals surface area (Å²) in [6, 6.07) is 2.13. The fraction of sp³-hybridized carbons (Fsp3) is 0.611. The number of carbonyl (C=O) groups excluding carboxylic acids is 1. The minimum atomic E-state index is -1.06.